The van der Waals surface area contributed by atoms with E-state index in [1.165, 1.54) is 37.7 Å². The fraction of sp³-hybridized carbons (Fsp3) is 0.647. The molecule has 4 saturated carbocycles. The molecule has 0 radical (unpaired) electrons. The van der Waals surface area contributed by atoms with Crippen molar-refractivity contribution in [3.8, 4) is 5.75 Å². The van der Waals surface area contributed by atoms with Crippen molar-refractivity contribution in [2.24, 2.45) is 23.7 Å². The summed E-state index contributed by atoms with van der Waals surface area (Å²) in [6, 6.07) is 6.67. The smallest absolute Gasteiger partial charge is 0.120 e. The van der Waals surface area contributed by atoms with Crippen molar-refractivity contribution in [2.45, 2.75) is 38.0 Å². The molecule has 1 aromatic carbocycles. The van der Waals surface area contributed by atoms with Crippen LogP contribution in [0.4, 0.5) is 0 Å². The highest BCUT2D eigenvalue weighted by atomic mass is 79.9. The first-order chi connectivity index (χ1) is 9.22. The molecule has 0 atom stereocenters. The SMILES string of the molecule is COc1cc(Br)cc(C2C3CC4CC(C3)CC2C4)c1. The number of hydrogen-bond acceptors (Lipinski definition) is 1. The number of hydrogen-bond donors (Lipinski definition) is 0. The Morgan fingerprint density at radius 1 is 0.947 bits per heavy atom. The maximum Gasteiger partial charge on any atom is 0.120 e. The molecule has 4 fully saturated rings. The molecule has 1 nitrogen and oxygen atoms in total. The van der Waals surface area contributed by atoms with Crippen LogP contribution in [0, 0.1) is 23.7 Å². The van der Waals surface area contributed by atoms with Crippen LogP contribution < -0.4 is 4.74 Å². The molecule has 0 spiro atoms. The van der Waals surface area contributed by atoms with E-state index in [1.807, 2.05) is 0 Å². The second kappa shape index (κ2) is 4.51. The van der Waals surface area contributed by atoms with Crippen LogP contribution in [0.1, 0.15) is 43.6 Å². The van der Waals surface area contributed by atoms with E-state index in [4.69, 9.17) is 4.74 Å². The first-order valence-corrected chi connectivity index (χ1v) is 8.36. The van der Waals surface area contributed by atoms with Crippen LogP contribution in [-0.4, -0.2) is 7.11 Å². The summed E-state index contributed by atoms with van der Waals surface area (Å²) in [5.41, 5.74) is 1.51. The highest BCUT2D eigenvalue weighted by Crippen LogP contribution is 2.60. The van der Waals surface area contributed by atoms with Crippen molar-refractivity contribution >= 4 is 15.9 Å². The minimum atomic E-state index is 0.791. The third kappa shape index (κ3) is 2.03. The fourth-order valence-corrected chi connectivity index (χ4v) is 5.85. The average molecular weight is 321 g/mol. The minimum absolute atomic E-state index is 0.791. The molecular weight excluding hydrogens is 300 g/mol. The Balaban J connectivity index is 1.70. The Bertz CT molecular complexity index is 468. The van der Waals surface area contributed by atoms with Crippen LogP contribution in [0.2, 0.25) is 0 Å². The minimum Gasteiger partial charge on any atom is -0.497 e. The van der Waals surface area contributed by atoms with Gasteiger partial charge in [0.25, 0.3) is 0 Å². The topological polar surface area (TPSA) is 9.23 Å². The van der Waals surface area contributed by atoms with E-state index in [-0.39, 0.29) is 0 Å². The van der Waals surface area contributed by atoms with Crippen LogP contribution in [-0.2, 0) is 0 Å². The van der Waals surface area contributed by atoms with Gasteiger partial charge in [0.1, 0.15) is 5.75 Å². The molecule has 4 bridgehead atoms. The monoisotopic (exact) mass is 320 g/mol. The Labute approximate surface area is 123 Å². The van der Waals surface area contributed by atoms with Crippen LogP contribution >= 0.6 is 15.9 Å². The molecule has 102 valence electrons. The maximum atomic E-state index is 5.45. The van der Waals surface area contributed by atoms with E-state index in [1.54, 1.807) is 7.11 Å². The van der Waals surface area contributed by atoms with E-state index >= 15 is 0 Å². The summed E-state index contributed by atoms with van der Waals surface area (Å²) in [7, 11) is 1.77. The lowest BCUT2D eigenvalue weighted by molar-refractivity contribution is -0.00284. The number of rotatable bonds is 2. The molecule has 0 unspecified atom stereocenters. The summed E-state index contributed by atoms with van der Waals surface area (Å²) in [6.45, 7) is 0. The molecule has 0 amide bonds. The van der Waals surface area contributed by atoms with E-state index < -0.39 is 0 Å². The van der Waals surface area contributed by atoms with Crippen molar-refractivity contribution in [1.82, 2.24) is 0 Å². The zero-order valence-electron chi connectivity index (χ0n) is 11.4. The standard InChI is InChI=1S/C17H21BrO/c1-19-16-8-14(7-15(18)9-16)17-12-3-10-2-11(5-12)6-13(17)4-10/h7-13,17H,2-6H2,1H3. The predicted molar refractivity (Wildman–Crippen MR) is 80.5 cm³/mol. The van der Waals surface area contributed by atoms with Gasteiger partial charge in [-0.3, -0.25) is 0 Å². The zero-order valence-corrected chi connectivity index (χ0v) is 13.0. The van der Waals surface area contributed by atoms with E-state index in [9.17, 15) is 0 Å². The van der Waals surface area contributed by atoms with Crippen LogP contribution in [0.15, 0.2) is 22.7 Å². The summed E-state index contributed by atoms with van der Waals surface area (Å²) < 4.78 is 6.61. The van der Waals surface area contributed by atoms with Gasteiger partial charge in [-0.05, 0) is 85.5 Å². The molecule has 0 saturated heterocycles. The Morgan fingerprint density at radius 3 is 2.16 bits per heavy atom. The first kappa shape index (κ1) is 12.3. The summed E-state index contributed by atoms with van der Waals surface area (Å²) >= 11 is 3.64. The molecular formula is C17H21BrO. The van der Waals surface area contributed by atoms with Crippen LogP contribution in [0.25, 0.3) is 0 Å². The summed E-state index contributed by atoms with van der Waals surface area (Å²) in [4.78, 5) is 0. The van der Waals surface area contributed by atoms with Gasteiger partial charge in [0.2, 0.25) is 0 Å². The number of halogens is 1. The quantitative estimate of drug-likeness (QED) is 0.745. The molecule has 4 aliphatic rings. The zero-order chi connectivity index (χ0) is 13.0. The average Bonchev–Trinajstić information content (AvgIpc) is 2.36. The van der Waals surface area contributed by atoms with Crippen molar-refractivity contribution in [2.75, 3.05) is 7.11 Å². The summed E-state index contributed by atoms with van der Waals surface area (Å²) in [5.74, 6) is 5.77. The molecule has 4 aliphatic carbocycles. The third-order valence-corrected chi connectivity index (χ3v) is 6.20. The largest absolute Gasteiger partial charge is 0.497 e. The number of methoxy groups -OCH3 is 1. The van der Waals surface area contributed by atoms with Gasteiger partial charge >= 0.3 is 0 Å². The van der Waals surface area contributed by atoms with E-state index in [0.29, 0.717) is 0 Å². The Kier molecular flexibility index (Phi) is 2.91. The van der Waals surface area contributed by atoms with Crippen LogP contribution in [0.3, 0.4) is 0 Å². The number of ether oxygens (including phenoxy) is 1. The Hall–Kier alpha value is -0.500. The van der Waals surface area contributed by atoms with E-state index in [0.717, 1.165) is 39.8 Å². The van der Waals surface area contributed by atoms with Gasteiger partial charge in [-0.15, -0.1) is 0 Å². The molecule has 1 aromatic rings. The van der Waals surface area contributed by atoms with Gasteiger partial charge in [-0.1, -0.05) is 15.9 Å². The van der Waals surface area contributed by atoms with Gasteiger partial charge in [-0.25, -0.2) is 0 Å². The van der Waals surface area contributed by atoms with E-state index in [2.05, 4.69) is 34.1 Å². The summed E-state index contributed by atoms with van der Waals surface area (Å²) in [6.07, 6.45) is 7.44. The maximum absolute atomic E-state index is 5.45. The highest BCUT2D eigenvalue weighted by Gasteiger charge is 2.48. The molecule has 0 N–H and O–H groups in total. The lowest BCUT2D eigenvalue weighted by atomic mass is 9.51. The van der Waals surface area contributed by atoms with Gasteiger partial charge < -0.3 is 4.74 Å². The third-order valence-electron chi connectivity index (χ3n) is 5.74. The second-order valence-corrected chi connectivity index (χ2v) is 7.80. The van der Waals surface area contributed by atoms with Crippen molar-refractivity contribution in [1.29, 1.82) is 0 Å². The van der Waals surface area contributed by atoms with Gasteiger partial charge in [0.15, 0.2) is 0 Å². The predicted octanol–water partition coefficient (Wildman–Crippen LogP) is 5.00. The number of benzene rings is 1. The van der Waals surface area contributed by atoms with Gasteiger partial charge in [0.05, 0.1) is 7.11 Å². The molecule has 0 aromatic heterocycles. The van der Waals surface area contributed by atoms with Gasteiger partial charge in [0, 0.05) is 4.47 Å². The van der Waals surface area contributed by atoms with Crippen molar-refractivity contribution < 1.29 is 4.74 Å². The molecule has 0 heterocycles. The molecule has 0 aliphatic heterocycles. The van der Waals surface area contributed by atoms with Crippen molar-refractivity contribution in [3.05, 3.63) is 28.2 Å². The molecule has 5 rings (SSSR count). The van der Waals surface area contributed by atoms with Crippen molar-refractivity contribution in [3.63, 3.8) is 0 Å². The van der Waals surface area contributed by atoms with Gasteiger partial charge in [-0.2, -0.15) is 0 Å². The fourth-order valence-electron chi connectivity index (χ4n) is 5.36. The van der Waals surface area contributed by atoms with Crippen LogP contribution in [0.5, 0.6) is 5.75 Å². The molecule has 19 heavy (non-hydrogen) atoms. The lowest BCUT2D eigenvalue weighted by Gasteiger charge is -2.54. The lowest BCUT2D eigenvalue weighted by Crippen LogP contribution is -2.43. The first-order valence-electron chi connectivity index (χ1n) is 7.57. The highest BCUT2D eigenvalue weighted by molar-refractivity contribution is 9.10. The summed E-state index contributed by atoms with van der Waals surface area (Å²) in [5, 5.41) is 0. The normalized spacial score (nSPS) is 39.6. The second-order valence-electron chi connectivity index (χ2n) is 6.88. The molecule has 2 heteroatoms. The Morgan fingerprint density at radius 2 is 1.58 bits per heavy atom.